The number of likely N-dealkylation sites (N-methyl/N-ethyl adjacent to an activating group) is 1. The molecule has 0 aliphatic carbocycles. The van der Waals surface area contributed by atoms with E-state index in [2.05, 4.69) is 47.8 Å². The average Bonchev–Trinajstić information content (AvgIpc) is 1.85. The van der Waals surface area contributed by atoms with Crippen LogP contribution in [-0.4, -0.2) is 30.4 Å². The molecule has 0 saturated carbocycles. The summed E-state index contributed by atoms with van der Waals surface area (Å²) >= 11 is 3.39. The molecule has 0 radical (unpaired) electrons. The van der Waals surface area contributed by atoms with Crippen molar-refractivity contribution in [3.05, 3.63) is 11.6 Å². The molecule has 0 bridgehead atoms. The first kappa shape index (κ1) is 10.2. The van der Waals surface area contributed by atoms with E-state index in [0.29, 0.717) is 0 Å². The maximum atomic E-state index is 3.39. The van der Waals surface area contributed by atoms with Gasteiger partial charge in [-0.15, -0.1) is 0 Å². The zero-order valence-electron chi connectivity index (χ0n) is 7.02. The van der Waals surface area contributed by atoms with Crippen molar-refractivity contribution in [1.29, 1.82) is 0 Å². The number of allylic oxidation sites excluding steroid dienone is 1. The van der Waals surface area contributed by atoms with Gasteiger partial charge >= 0.3 is 0 Å². The van der Waals surface area contributed by atoms with Gasteiger partial charge in [0.1, 0.15) is 0 Å². The van der Waals surface area contributed by atoms with E-state index in [0.717, 1.165) is 18.4 Å². The van der Waals surface area contributed by atoms with Crippen LogP contribution in [-0.2, 0) is 0 Å². The normalized spacial score (nSPS) is 10.1. The molecule has 0 aromatic rings. The smallest absolute Gasteiger partial charge is 0.0162 e. The highest BCUT2D eigenvalue weighted by molar-refractivity contribution is 9.09. The first-order valence-corrected chi connectivity index (χ1v) is 4.67. The maximum Gasteiger partial charge on any atom is 0.0162 e. The standard InChI is InChI=1S/C8H16BrN/c1-8(2)4-6-10(3)7-5-9/h4H,5-7H2,1-3H3. The summed E-state index contributed by atoms with van der Waals surface area (Å²) in [6, 6.07) is 0. The average molecular weight is 206 g/mol. The third kappa shape index (κ3) is 6.30. The van der Waals surface area contributed by atoms with Crippen LogP contribution in [0.5, 0.6) is 0 Å². The van der Waals surface area contributed by atoms with Crippen molar-refractivity contribution in [2.24, 2.45) is 0 Å². The Morgan fingerprint density at radius 1 is 1.50 bits per heavy atom. The van der Waals surface area contributed by atoms with Gasteiger partial charge in [-0.2, -0.15) is 0 Å². The zero-order chi connectivity index (χ0) is 7.98. The minimum absolute atomic E-state index is 1.06. The van der Waals surface area contributed by atoms with E-state index in [9.17, 15) is 0 Å². The predicted octanol–water partition coefficient (Wildman–Crippen LogP) is 2.28. The summed E-state index contributed by atoms with van der Waals surface area (Å²) in [5, 5.41) is 1.06. The zero-order valence-corrected chi connectivity index (χ0v) is 8.61. The molecule has 10 heavy (non-hydrogen) atoms. The van der Waals surface area contributed by atoms with Gasteiger partial charge in [-0.25, -0.2) is 0 Å². The molecule has 1 nitrogen and oxygen atoms in total. The summed E-state index contributed by atoms with van der Waals surface area (Å²) in [5.41, 5.74) is 1.39. The Morgan fingerprint density at radius 3 is 2.50 bits per heavy atom. The second-order valence-electron chi connectivity index (χ2n) is 2.73. The largest absolute Gasteiger partial charge is 0.302 e. The van der Waals surface area contributed by atoms with Crippen molar-refractivity contribution < 1.29 is 0 Å². The molecular weight excluding hydrogens is 190 g/mol. The highest BCUT2D eigenvalue weighted by Gasteiger charge is 1.91. The fourth-order valence-corrected chi connectivity index (χ4v) is 1.18. The van der Waals surface area contributed by atoms with E-state index in [1.807, 2.05) is 0 Å². The van der Waals surface area contributed by atoms with Crippen molar-refractivity contribution in [2.75, 3.05) is 25.5 Å². The summed E-state index contributed by atoms with van der Waals surface area (Å²) in [5.74, 6) is 0. The third-order valence-electron chi connectivity index (χ3n) is 1.28. The molecule has 0 aromatic heterocycles. The summed E-state index contributed by atoms with van der Waals surface area (Å²) in [6.07, 6.45) is 2.24. The van der Waals surface area contributed by atoms with Crippen molar-refractivity contribution in [3.8, 4) is 0 Å². The Hall–Kier alpha value is 0.180. The van der Waals surface area contributed by atoms with Crippen molar-refractivity contribution >= 4 is 15.9 Å². The summed E-state index contributed by atoms with van der Waals surface area (Å²) in [7, 11) is 2.13. The van der Waals surface area contributed by atoms with Gasteiger partial charge in [-0.3, -0.25) is 0 Å². The first-order valence-electron chi connectivity index (χ1n) is 3.54. The molecule has 0 rings (SSSR count). The highest BCUT2D eigenvalue weighted by Crippen LogP contribution is 1.91. The maximum absolute atomic E-state index is 3.39. The fraction of sp³-hybridized carbons (Fsp3) is 0.750. The Balaban J connectivity index is 3.38. The van der Waals surface area contributed by atoms with Crippen LogP contribution >= 0.6 is 15.9 Å². The molecule has 0 aliphatic rings. The molecule has 0 fully saturated rings. The van der Waals surface area contributed by atoms with Crippen LogP contribution in [0.2, 0.25) is 0 Å². The molecular formula is C8H16BrN. The lowest BCUT2D eigenvalue weighted by atomic mass is 10.3. The van der Waals surface area contributed by atoms with Crippen LogP contribution in [0.4, 0.5) is 0 Å². The molecule has 0 atom stereocenters. The quantitative estimate of drug-likeness (QED) is 0.503. The summed E-state index contributed by atoms with van der Waals surface area (Å²) in [4.78, 5) is 2.28. The predicted molar refractivity (Wildman–Crippen MR) is 50.7 cm³/mol. The first-order chi connectivity index (χ1) is 4.66. The van der Waals surface area contributed by atoms with Crippen LogP contribution < -0.4 is 0 Å². The van der Waals surface area contributed by atoms with Gasteiger partial charge in [-0.05, 0) is 20.9 Å². The number of rotatable bonds is 4. The molecule has 0 N–H and O–H groups in total. The number of alkyl halides is 1. The lowest BCUT2D eigenvalue weighted by Crippen LogP contribution is -2.20. The third-order valence-corrected chi connectivity index (χ3v) is 1.63. The molecule has 0 amide bonds. The molecule has 0 unspecified atom stereocenters. The Kier molecular flexibility index (Phi) is 6.03. The van der Waals surface area contributed by atoms with Crippen LogP contribution in [0.3, 0.4) is 0 Å². The summed E-state index contributed by atoms with van der Waals surface area (Å²) in [6.45, 7) is 6.43. The monoisotopic (exact) mass is 205 g/mol. The van der Waals surface area contributed by atoms with Gasteiger partial charge in [0.25, 0.3) is 0 Å². The lowest BCUT2D eigenvalue weighted by molar-refractivity contribution is 0.396. The highest BCUT2D eigenvalue weighted by atomic mass is 79.9. The van der Waals surface area contributed by atoms with E-state index in [1.54, 1.807) is 0 Å². The molecule has 0 saturated heterocycles. The minimum atomic E-state index is 1.06. The van der Waals surface area contributed by atoms with Crippen molar-refractivity contribution in [2.45, 2.75) is 13.8 Å². The van der Waals surface area contributed by atoms with Crippen molar-refractivity contribution in [3.63, 3.8) is 0 Å². The Bertz CT molecular complexity index is 106. The van der Waals surface area contributed by atoms with Crippen LogP contribution in [0.1, 0.15) is 13.8 Å². The van der Waals surface area contributed by atoms with Crippen molar-refractivity contribution in [1.82, 2.24) is 4.90 Å². The number of halogens is 1. The molecule has 0 aromatic carbocycles. The number of nitrogens with zero attached hydrogens (tertiary/aromatic N) is 1. The molecule has 0 heterocycles. The second-order valence-corrected chi connectivity index (χ2v) is 3.53. The molecule has 60 valence electrons. The van der Waals surface area contributed by atoms with Crippen LogP contribution in [0.25, 0.3) is 0 Å². The molecule has 0 aliphatic heterocycles. The number of hydrogen-bond donors (Lipinski definition) is 0. The minimum Gasteiger partial charge on any atom is -0.302 e. The van der Waals surface area contributed by atoms with Gasteiger partial charge in [0.2, 0.25) is 0 Å². The van der Waals surface area contributed by atoms with E-state index in [-0.39, 0.29) is 0 Å². The Labute approximate surface area is 72.2 Å². The van der Waals surface area contributed by atoms with E-state index in [1.165, 1.54) is 5.57 Å². The molecule has 2 heteroatoms. The van der Waals surface area contributed by atoms with Crippen LogP contribution in [0.15, 0.2) is 11.6 Å². The van der Waals surface area contributed by atoms with E-state index in [4.69, 9.17) is 0 Å². The van der Waals surface area contributed by atoms with Gasteiger partial charge in [-0.1, -0.05) is 27.6 Å². The van der Waals surface area contributed by atoms with Gasteiger partial charge in [0.05, 0.1) is 0 Å². The lowest BCUT2D eigenvalue weighted by Gasteiger charge is -2.11. The Morgan fingerprint density at radius 2 is 2.10 bits per heavy atom. The summed E-state index contributed by atoms with van der Waals surface area (Å²) < 4.78 is 0. The van der Waals surface area contributed by atoms with Gasteiger partial charge < -0.3 is 4.90 Å². The second kappa shape index (κ2) is 5.93. The topological polar surface area (TPSA) is 3.24 Å². The van der Waals surface area contributed by atoms with Gasteiger partial charge in [0, 0.05) is 18.4 Å². The van der Waals surface area contributed by atoms with E-state index < -0.39 is 0 Å². The van der Waals surface area contributed by atoms with Crippen LogP contribution in [0, 0.1) is 0 Å². The molecule has 0 spiro atoms. The fourth-order valence-electron chi connectivity index (χ4n) is 0.574. The SMILES string of the molecule is CC(C)=CCN(C)CCBr. The van der Waals surface area contributed by atoms with E-state index >= 15 is 0 Å². The van der Waals surface area contributed by atoms with Gasteiger partial charge in [0.15, 0.2) is 0 Å². The number of hydrogen-bond acceptors (Lipinski definition) is 1.